The lowest BCUT2D eigenvalue weighted by Gasteiger charge is -2.08. The first kappa shape index (κ1) is 11.1. The Bertz CT molecular complexity index is 260. The van der Waals surface area contributed by atoms with Crippen molar-refractivity contribution in [3.8, 4) is 5.75 Å². The minimum absolute atomic E-state index is 0.991. The highest BCUT2D eigenvalue weighted by molar-refractivity contribution is 5.33. The number of hydrogen-bond acceptors (Lipinski definition) is 2. The number of ether oxygens (including phenoxy) is 1. The number of methoxy groups -OCH3 is 1. The summed E-state index contributed by atoms with van der Waals surface area (Å²) >= 11 is 0. The van der Waals surface area contributed by atoms with E-state index < -0.39 is 0 Å². The third kappa shape index (κ3) is 3.38. The Morgan fingerprint density at radius 2 is 2.00 bits per heavy atom. The van der Waals surface area contributed by atoms with Crippen molar-refractivity contribution in [3.05, 3.63) is 29.8 Å². The largest absolute Gasteiger partial charge is 0.496 e. The van der Waals surface area contributed by atoms with Crippen LogP contribution in [0.15, 0.2) is 24.3 Å². The van der Waals surface area contributed by atoms with Crippen LogP contribution in [0, 0.1) is 0 Å². The molecule has 0 atom stereocenters. The molecule has 1 N–H and O–H groups in total. The zero-order chi connectivity index (χ0) is 10.2. The lowest BCUT2D eigenvalue weighted by molar-refractivity contribution is 0.409. The molecule has 0 aromatic heterocycles. The molecule has 2 nitrogen and oxygen atoms in total. The van der Waals surface area contributed by atoms with E-state index in [9.17, 15) is 0 Å². The van der Waals surface area contributed by atoms with Crippen molar-refractivity contribution in [1.82, 2.24) is 5.32 Å². The van der Waals surface area contributed by atoms with Crippen LogP contribution >= 0.6 is 0 Å². The fourth-order valence-corrected chi connectivity index (χ4v) is 1.43. The van der Waals surface area contributed by atoms with E-state index in [4.69, 9.17) is 4.74 Å². The second-order valence-electron chi connectivity index (χ2n) is 3.31. The van der Waals surface area contributed by atoms with Crippen molar-refractivity contribution in [2.75, 3.05) is 20.2 Å². The van der Waals surface area contributed by atoms with Crippen LogP contribution < -0.4 is 10.1 Å². The zero-order valence-corrected chi connectivity index (χ0v) is 9.05. The Balaban J connectivity index is 2.41. The normalized spacial score (nSPS) is 10.1. The molecule has 0 saturated heterocycles. The van der Waals surface area contributed by atoms with Crippen LogP contribution in [0.25, 0.3) is 0 Å². The molecule has 0 heterocycles. The average Bonchev–Trinajstić information content (AvgIpc) is 2.25. The highest BCUT2D eigenvalue weighted by Gasteiger charge is 1.99. The second kappa shape index (κ2) is 6.44. The first-order chi connectivity index (χ1) is 6.88. The first-order valence-electron chi connectivity index (χ1n) is 5.21. The van der Waals surface area contributed by atoms with Gasteiger partial charge in [0.05, 0.1) is 7.11 Å². The quantitative estimate of drug-likeness (QED) is 0.700. The van der Waals surface area contributed by atoms with Gasteiger partial charge < -0.3 is 10.1 Å². The lowest BCUT2D eigenvalue weighted by atomic mass is 10.1. The predicted octanol–water partition coefficient (Wildman–Crippen LogP) is 2.24. The molecule has 0 aliphatic heterocycles. The Labute approximate surface area is 86.3 Å². The van der Waals surface area contributed by atoms with Crippen molar-refractivity contribution < 1.29 is 4.74 Å². The van der Waals surface area contributed by atoms with E-state index >= 15 is 0 Å². The van der Waals surface area contributed by atoms with Crippen LogP contribution in [-0.2, 0) is 6.42 Å². The van der Waals surface area contributed by atoms with Crippen LogP contribution in [0.1, 0.15) is 18.9 Å². The molecule has 1 aromatic rings. The highest BCUT2D eigenvalue weighted by atomic mass is 16.5. The van der Waals surface area contributed by atoms with E-state index in [1.165, 1.54) is 12.0 Å². The Hall–Kier alpha value is -1.02. The van der Waals surface area contributed by atoms with Crippen molar-refractivity contribution >= 4 is 0 Å². The molecule has 1 rings (SSSR count). The number of hydrogen-bond donors (Lipinski definition) is 1. The summed E-state index contributed by atoms with van der Waals surface area (Å²) in [6.45, 7) is 4.29. The smallest absolute Gasteiger partial charge is 0.122 e. The minimum atomic E-state index is 0.991. The van der Waals surface area contributed by atoms with Gasteiger partial charge in [0.1, 0.15) is 5.75 Å². The van der Waals surface area contributed by atoms with Gasteiger partial charge in [-0.25, -0.2) is 0 Å². The molecule has 0 spiro atoms. The van der Waals surface area contributed by atoms with E-state index in [-0.39, 0.29) is 0 Å². The van der Waals surface area contributed by atoms with E-state index in [1.54, 1.807) is 7.11 Å². The van der Waals surface area contributed by atoms with Gasteiger partial charge in [-0.05, 0) is 37.6 Å². The van der Waals surface area contributed by atoms with Crippen molar-refractivity contribution in [2.24, 2.45) is 0 Å². The molecule has 0 aliphatic rings. The Morgan fingerprint density at radius 3 is 2.71 bits per heavy atom. The van der Waals surface area contributed by atoms with Gasteiger partial charge in [0.15, 0.2) is 0 Å². The molecule has 2 heteroatoms. The van der Waals surface area contributed by atoms with Crippen molar-refractivity contribution in [1.29, 1.82) is 0 Å². The molecule has 0 saturated carbocycles. The average molecular weight is 193 g/mol. The number of para-hydroxylation sites is 1. The van der Waals surface area contributed by atoms with Crippen LogP contribution in [0.2, 0.25) is 0 Å². The summed E-state index contributed by atoms with van der Waals surface area (Å²) in [5.74, 6) is 0.991. The fourth-order valence-electron chi connectivity index (χ4n) is 1.43. The first-order valence-corrected chi connectivity index (χ1v) is 5.21. The molecular formula is C12H19NO. The molecule has 0 aliphatic carbocycles. The predicted molar refractivity (Wildman–Crippen MR) is 59.9 cm³/mol. The van der Waals surface area contributed by atoms with Gasteiger partial charge >= 0.3 is 0 Å². The van der Waals surface area contributed by atoms with Crippen molar-refractivity contribution in [2.45, 2.75) is 19.8 Å². The van der Waals surface area contributed by atoms with Gasteiger partial charge in [-0.15, -0.1) is 0 Å². The highest BCUT2D eigenvalue weighted by Crippen LogP contribution is 2.16. The van der Waals surface area contributed by atoms with Gasteiger partial charge in [0, 0.05) is 0 Å². The minimum Gasteiger partial charge on any atom is -0.496 e. The van der Waals surface area contributed by atoms with E-state index in [2.05, 4.69) is 24.4 Å². The van der Waals surface area contributed by atoms with E-state index in [0.29, 0.717) is 0 Å². The topological polar surface area (TPSA) is 21.3 Å². The fraction of sp³-hybridized carbons (Fsp3) is 0.500. The molecule has 0 radical (unpaired) electrons. The summed E-state index contributed by atoms with van der Waals surface area (Å²) in [5.41, 5.74) is 1.28. The maximum Gasteiger partial charge on any atom is 0.122 e. The third-order valence-electron chi connectivity index (χ3n) is 2.19. The summed E-state index contributed by atoms with van der Waals surface area (Å²) in [6, 6.07) is 8.18. The second-order valence-corrected chi connectivity index (χ2v) is 3.31. The van der Waals surface area contributed by atoms with Crippen LogP contribution in [0.3, 0.4) is 0 Å². The SMILES string of the molecule is CCCNCCc1ccccc1OC. The molecule has 1 aromatic carbocycles. The standard InChI is InChI=1S/C12H19NO/c1-3-9-13-10-8-11-6-4-5-7-12(11)14-2/h4-7,13H,3,8-10H2,1-2H3. The van der Waals surface area contributed by atoms with Gasteiger partial charge in [-0.1, -0.05) is 25.1 Å². The summed E-state index contributed by atoms with van der Waals surface area (Å²) in [5, 5.41) is 3.38. The number of benzene rings is 1. The van der Waals surface area contributed by atoms with Gasteiger partial charge in [0.25, 0.3) is 0 Å². The van der Waals surface area contributed by atoms with Gasteiger partial charge in [-0.3, -0.25) is 0 Å². The van der Waals surface area contributed by atoms with Crippen molar-refractivity contribution in [3.63, 3.8) is 0 Å². The zero-order valence-electron chi connectivity index (χ0n) is 9.05. The summed E-state index contributed by atoms with van der Waals surface area (Å²) in [7, 11) is 1.72. The maximum absolute atomic E-state index is 5.27. The van der Waals surface area contributed by atoms with Gasteiger partial charge in [-0.2, -0.15) is 0 Å². The summed E-state index contributed by atoms with van der Waals surface area (Å²) < 4.78 is 5.27. The molecule has 0 bridgehead atoms. The third-order valence-corrected chi connectivity index (χ3v) is 2.19. The van der Waals surface area contributed by atoms with E-state index in [0.717, 1.165) is 25.3 Å². The van der Waals surface area contributed by atoms with Crippen LogP contribution in [0.5, 0.6) is 5.75 Å². The molecule has 0 amide bonds. The molecule has 0 fully saturated rings. The number of rotatable bonds is 6. The monoisotopic (exact) mass is 193 g/mol. The Kier molecular flexibility index (Phi) is 5.08. The molecule has 0 unspecified atom stereocenters. The maximum atomic E-state index is 5.27. The molecular weight excluding hydrogens is 174 g/mol. The lowest BCUT2D eigenvalue weighted by Crippen LogP contribution is -2.17. The van der Waals surface area contributed by atoms with Gasteiger partial charge in [0.2, 0.25) is 0 Å². The van der Waals surface area contributed by atoms with Crippen LogP contribution in [0.4, 0.5) is 0 Å². The molecule has 14 heavy (non-hydrogen) atoms. The number of nitrogens with one attached hydrogen (secondary N) is 1. The van der Waals surface area contributed by atoms with E-state index in [1.807, 2.05) is 12.1 Å². The van der Waals surface area contributed by atoms with Crippen LogP contribution in [-0.4, -0.2) is 20.2 Å². The summed E-state index contributed by atoms with van der Waals surface area (Å²) in [4.78, 5) is 0. The Morgan fingerprint density at radius 1 is 1.21 bits per heavy atom. The molecule has 78 valence electrons. The summed E-state index contributed by atoms with van der Waals surface area (Å²) in [6.07, 6.45) is 2.22.